The monoisotopic (exact) mass is 398 g/mol. The molecule has 154 valence electrons. The number of pyridine rings is 1. The highest BCUT2D eigenvalue weighted by Gasteiger charge is 2.17. The van der Waals surface area contributed by atoms with E-state index in [1.807, 2.05) is 0 Å². The fraction of sp³-hybridized carbons (Fsp3) is 0.429. The lowest BCUT2D eigenvalue weighted by molar-refractivity contribution is -0.132. The molecule has 0 bridgehead atoms. The number of ether oxygens (including phenoxy) is 1. The predicted octanol–water partition coefficient (Wildman–Crippen LogP) is 4.02. The maximum Gasteiger partial charge on any atom is 0.346 e. The van der Waals surface area contributed by atoms with Gasteiger partial charge in [0.25, 0.3) is 0 Å². The number of aliphatic carboxylic acids is 1. The zero-order valence-electron chi connectivity index (χ0n) is 16.8. The number of amides is 1. The van der Waals surface area contributed by atoms with Crippen molar-refractivity contribution in [1.82, 2.24) is 9.38 Å². The quantitative estimate of drug-likeness (QED) is 0.335. The van der Waals surface area contributed by atoms with E-state index < -0.39 is 11.5 Å². The van der Waals surface area contributed by atoms with E-state index in [-0.39, 0.29) is 11.8 Å². The first-order valence-electron chi connectivity index (χ1n) is 9.74. The van der Waals surface area contributed by atoms with Gasteiger partial charge in [0.2, 0.25) is 11.8 Å². The molecule has 0 spiro atoms. The third-order valence-electron chi connectivity index (χ3n) is 4.33. The Hall–Kier alpha value is -3.34. The van der Waals surface area contributed by atoms with Crippen molar-refractivity contribution >= 4 is 29.3 Å². The smallest absolute Gasteiger partial charge is 0.346 e. The molecule has 0 unspecified atom stereocenters. The SMILES string of the molecule is CCCCCCCCOc1nc2c(NC(C)=O)cccn2c1C=C(C#N)C(=O)O. The molecule has 1 amide bonds. The van der Waals surface area contributed by atoms with Gasteiger partial charge in [-0.1, -0.05) is 39.0 Å². The molecule has 0 saturated heterocycles. The molecule has 8 heteroatoms. The summed E-state index contributed by atoms with van der Waals surface area (Å²) in [6, 6.07) is 5.06. The van der Waals surface area contributed by atoms with Crippen LogP contribution in [0.5, 0.6) is 5.88 Å². The van der Waals surface area contributed by atoms with E-state index in [1.165, 1.54) is 32.3 Å². The van der Waals surface area contributed by atoms with Gasteiger partial charge in [-0.25, -0.2) is 4.79 Å². The Kier molecular flexibility index (Phi) is 8.22. The Morgan fingerprint density at radius 1 is 1.31 bits per heavy atom. The van der Waals surface area contributed by atoms with E-state index in [9.17, 15) is 14.7 Å². The zero-order valence-corrected chi connectivity index (χ0v) is 16.8. The van der Waals surface area contributed by atoms with Gasteiger partial charge in [0.1, 0.15) is 17.3 Å². The number of carboxylic acid groups (broad SMARTS) is 1. The fourth-order valence-electron chi connectivity index (χ4n) is 2.92. The Labute approximate surface area is 169 Å². The molecular weight excluding hydrogens is 372 g/mol. The second-order valence-electron chi connectivity index (χ2n) is 6.69. The molecule has 0 radical (unpaired) electrons. The number of hydrogen-bond acceptors (Lipinski definition) is 5. The summed E-state index contributed by atoms with van der Waals surface area (Å²) < 4.78 is 7.42. The van der Waals surface area contributed by atoms with Crippen molar-refractivity contribution in [3.05, 3.63) is 29.6 Å². The third-order valence-corrected chi connectivity index (χ3v) is 4.33. The number of nitrogens with one attached hydrogen (secondary N) is 1. The first kappa shape index (κ1) is 22.0. The predicted molar refractivity (Wildman–Crippen MR) is 110 cm³/mol. The van der Waals surface area contributed by atoms with Crippen LogP contribution in [0.15, 0.2) is 23.9 Å². The summed E-state index contributed by atoms with van der Waals surface area (Å²) in [6.07, 6.45) is 9.54. The van der Waals surface area contributed by atoms with Crippen molar-refractivity contribution in [2.75, 3.05) is 11.9 Å². The number of carboxylic acids is 1. The van der Waals surface area contributed by atoms with Gasteiger partial charge < -0.3 is 15.2 Å². The highest BCUT2D eigenvalue weighted by molar-refractivity contribution is 5.97. The van der Waals surface area contributed by atoms with Gasteiger partial charge in [-0.15, -0.1) is 0 Å². The average Bonchev–Trinajstić information content (AvgIpc) is 3.03. The number of carbonyl (C=O) groups is 2. The molecule has 0 saturated carbocycles. The maximum absolute atomic E-state index is 11.5. The van der Waals surface area contributed by atoms with Gasteiger partial charge in [0.15, 0.2) is 5.65 Å². The van der Waals surface area contributed by atoms with Crippen molar-refractivity contribution in [2.45, 2.75) is 52.4 Å². The lowest BCUT2D eigenvalue weighted by atomic mass is 10.1. The molecule has 2 N–H and O–H groups in total. The molecule has 2 rings (SSSR count). The number of hydrogen-bond donors (Lipinski definition) is 2. The Morgan fingerprint density at radius 2 is 2.03 bits per heavy atom. The Balaban J connectivity index is 2.31. The second kappa shape index (κ2) is 10.9. The number of nitrogens with zero attached hydrogens (tertiary/aromatic N) is 3. The number of anilines is 1. The number of aromatic nitrogens is 2. The highest BCUT2D eigenvalue weighted by atomic mass is 16.5. The van der Waals surface area contributed by atoms with E-state index in [0.717, 1.165) is 19.3 Å². The largest absolute Gasteiger partial charge is 0.477 e. The standard InChI is InChI=1S/C21H26N4O4/c1-3-4-5-6-7-8-12-29-20-18(13-16(14-22)21(27)28)25-11-9-10-17(19(25)24-20)23-15(2)26/h9-11,13H,3-8,12H2,1-2H3,(H,23,26)(H,27,28). The van der Waals surface area contributed by atoms with Gasteiger partial charge in [0.05, 0.1) is 12.3 Å². The van der Waals surface area contributed by atoms with Crippen molar-refractivity contribution in [2.24, 2.45) is 0 Å². The van der Waals surface area contributed by atoms with Crippen molar-refractivity contribution < 1.29 is 19.4 Å². The molecule has 2 heterocycles. The summed E-state index contributed by atoms with van der Waals surface area (Å²) in [5.41, 5.74) is 0.797. The van der Waals surface area contributed by atoms with Crippen LogP contribution in [0.25, 0.3) is 11.7 Å². The molecule has 0 aliphatic heterocycles. The minimum absolute atomic E-state index is 0.227. The number of nitriles is 1. The van der Waals surface area contributed by atoms with Crippen molar-refractivity contribution in [3.63, 3.8) is 0 Å². The number of unbranched alkanes of at least 4 members (excludes halogenated alkanes) is 5. The molecule has 0 aliphatic carbocycles. The normalized spacial score (nSPS) is 11.3. The molecule has 2 aromatic rings. The van der Waals surface area contributed by atoms with E-state index in [1.54, 1.807) is 28.8 Å². The van der Waals surface area contributed by atoms with Gasteiger partial charge in [-0.2, -0.15) is 10.2 Å². The summed E-state index contributed by atoms with van der Waals surface area (Å²) in [6.45, 7) is 3.99. The van der Waals surface area contributed by atoms with Crippen LogP contribution in [-0.4, -0.2) is 33.0 Å². The number of carbonyl (C=O) groups excluding carboxylic acids is 1. The van der Waals surface area contributed by atoms with Crippen LogP contribution in [-0.2, 0) is 9.59 Å². The van der Waals surface area contributed by atoms with E-state index in [2.05, 4.69) is 17.2 Å². The van der Waals surface area contributed by atoms with Crippen LogP contribution >= 0.6 is 0 Å². The van der Waals surface area contributed by atoms with E-state index in [4.69, 9.17) is 10.00 Å². The third kappa shape index (κ3) is 6.07. The topological polar surface area (TPSA) is 117 Å². The Bertz CT molecular complexity index is 940. The van der Waals surface area contributed by atoms with Crippen LogP contribution < -0.4 is 10.1 Å². The number of rotatable bonds is 11. The minimum Gasteiger partial charge on any atom is -0.477 e. The summed E-state index contributed by atoms with van der Waals surface area (Å²) in [7, 11) is 0. The average molecular weight is 398 g/mol. The lowest BCUT2D eigenvalue weighted by Crippen LogP contribution is -2.07. The maximum atomic E-state index is 11.5. The summed E-state index contributed by atoms with van der Waals surface area (Å²) in [5, 5.41) is 21.0. The summed E-state index contributed by atoms with van der Waals surface area (Å²) >= 11 is 0. The van der Waals surface area contributed by atoms with Gasteiger partial charge >= 0.3 is 5.97 Å². The van der Waals surface area contributed by atoms with Gasteiger partial charge in [-0.3, -0.25) is 9.20 Å². The van der Waals surface area contributed by atoms with Crippen LogP contribution in [0.1, 0.15) is 58.1 Å². The van der Waals surface area contributed by atoms with Crippen LogP contribution in [0.3, 0.4) is 0 Å². The molecule has 0 aliphatic rings. The molecule has 8 nitrogen and oxygen atoms in total. The molecule has 29 heavy (non-hydrogen) atoms. The lowest BCUT2D eigenvalue weighted by Gasteiger charge is -2.05. The fourth-order valence-corrected chi connectivity index (χ4v) is 2.92. The molecule has 0 aromatic carbocycles. The van der Waals surface area contributed by atoms with Gasteiger partial charge in [0, 0.05) is 13.1 Å². The molecule has 0 fully saturated rings. The zero-order chi connectivity index (χ0) is 21.2. The van der Waals surface area contributed by atoms with Crippen LogP contribution in [0, 0.1) is 11.3 Å². The summed E-state index contributed by atoms with van der Waals surface area (Å²) in [5.74, 6) is -1.36. The van der Waals surface area contributed by atoms with Crippen molar-refractivity contribution in [3.8, 4) is 11.9 Å². The molecular formula is C21H26N4O4. The molecule has 0 atom stereocenters. The summed E-state index contributed by atoms with van der Waals surface area (Å²) in [4.78, 5) is 27.2. The van der Waals surface area contributed by atoms with Crippen LogP contribution in [0.4, 0.5) is 5.69 Å². The first-order chi connectivity index (χ1) is 14.0. The second-order valence-corrected chi connectivity index (χ2v) is 6.69. The first-order valence-corrected chi connectivity index (χ1v) is 9.74. The van der Waals surface area contributed by atoms with Crippen LogP contribution in [0.2, 0.25) is 0 Å². The molecule has 2 aromatic heterocycles. The number of imidazole rings is 1. The highest BCUT2D eigenvalue weighted by Crippen LogP contribution is 2.27. The minimum atomic E-state index is -1.33. The van der Waals surface area contributed by atoms with Crippen molar-refractivity contribution in [1.29, 1.82) is 5.26 Å². The van der Waals surface area contributed by atoms with E-state index in [0.29, 0.717) is 23.6 Å². The van der Waals surface area contributed by atoms with E-state index >= 15 is 0 Å². The Morgan fingerprint density at radius 3 is 2.69 bits per heavy atom. The van der Waals surface area contributed by atoms with Gasteiger partial charge in [-0.05, 0) is 24.6 Å². The number of fused-ring (bicyclic) bond motifs is 1.